The third-order valence-electron chi connectivity index (χ3n) is 3.39. The van der Waals surface area contributed by atoms with Crippen LogP contribution in [0.1, 0.15) is 39.5 Å². The van der Waals surface area contributed by atoms with E-state index in [1.54, 1.807) is 0 Å². The van der Waals surface area contributed by atoms with Crippen LogP contribution in [0.3, 0.4) is 0 Å². The third kappa shape index (κ3) is 4.62. The van der Waals surface area contributed by atoms with E-state index < -0.39 is 11.6 Å². The molecule has 0 aromatic heterocycles. The molecule has 0 aliphatic carbocycles. The Morgan fingerprint density at radius 2 is 1.80 bits per heavy atom. The molecule has 0 radical (unpaired) electrons. The molecule has 0 heterocycles. The number of ether oxygens (including phenoxy) is 1. The molecule has 114 valence electrons. The Balaban J connectivity index is 2.87. The average molecular weight is 367 g/mol. The Labute approximate surface area is 133 Å². The van der Waals surface area contributed by atoms with Crippen molar-refractivity contribution in [1.29, 1.82) is 0 Å². The summed E-state index contributed by atoms with van der Waals surface area (Å²) in [5.74, 6) is -1.21. The van der Waals surface area contributed by atoms with Crippen LogP contribution in [-0.4, -0.2) is 12.4 Å². The SMILES string of the molecule is CCCC(CS)(CCC)COc1cc(Br)cc(F)c1F. The van der Waals surface area contributed by atoms with E-state index >= 15 is 0 Å². The summed E-state index contributed by atoms with van der Waals surface area (Å²) in [5.41, 5.74) is -0.0855. The zero-order chi connectivity index (χ0) is 15.2. The van der Waals surface area contributed by atoms with Gasteiger partial charge in [-0.2, -0.15) is 17.0 Å². The Morgan fingerprint density at radius 3 is 2.30 bits per heavy atom. The highest BCUT2D eigenvalue weighted by Crippen LogP contribution is 2.33. The molecule has 0 spiro atoms. The van der Waals surface area contributed by atoms with Gasteiger partial charge in [0.2, 0.25) is 5.82 Å². The van der Waals surface area contributed by atoms with Crippen LogP contribution < -0.4 is 4.74 Å². The number of thiol groups is 1. The van der Waals surface area contributed by atoms with Crippen molar-refractivity contribution in [3.05, 3.63) is 28.2 Å². The van der Waals surface area contributed by atoms with Gasteiger partial charge in [0.1, 0.15) is 0 Å². The van der Waals surface area contributed by atoms with Crippen molar-refractivity contribution in [2.45, 2.75) is 39.5 Å². The van der Waals surface area contributed by atoms with Gasteiger partial charge in [-0.15, -0.1) is 0 Å². The molecule has 0 bridgehead atoms. The topological polar surface area (TPSA) is 9.23 Å². The predicted octanol–water partition coefficient (Wildman–Crippen LogP) is 5.62. The lowest BCUT2D eigenvalue weighted by molar-refractivity contribution is 0.138. The fourth-order valence-corrected chi connectivity index (χ4v) is 3.22. The summed E-state index contributed by atoms with van der Waals surface area (Å²) in [6.45, 7) is 4.56. The molecule has 0 saturated carbocycles. The van der Waals surface area contributed by atoms with Crippen LogP contribution in [0.2, 0.25) is 0 Å². The standard InChI is InChI=1S/C15H21BrF2OS/c1-3-5-15(10-20,6-4-2)9-19-13-8-11(16)7-12(17)14(13)18/h7-8,20H,3-6,9-10H2,1-2H3. The molecule has 0 N–H and O–H groups in total. The molecule has 0 aliphatic rings. The molecule has 0 atom stereocenters. The first-order chi connectivity index (χ1) is 9.48. The molecular weight excluding hydrogens is 346 g/mol. The van der Waals surface area contributed by atoms with Crippen molar-refractivity contribution in [2.24, 2.45) is 5.41 Å². The summed E-state index contributed by atoms with van der Waals surface area (Å²) < 4.78 is 33.1. The van der Waals surface area contributed by atoms with E-state index in [-0.39, 0.29) is 11.2 Å². The summed E-state index contributed by atoms with van der Waals surface area (Å²) in [6.07, 6.45) is 3.95. The van der Waals surface area contributed by atoms with Crippen molar-refractivity contribution in [3.8, 4) is 5.75 Å². The Morgan fingerprint density at radius 1 is 1.20 bits per heavy atom. The molecule has 1 nitrogen and oxygen atoms in total. The number of hydrogen-bond donors (Lipinski definition) is 1. The minimum Gasteiger partial charge on any atom is -0.490 e. The first-order valence-electron chi connectivity index (χ1n) is 6.86. The van der Waals surface area contributed by atoms with Gasteiger partial charge in [-0.05, 0) is 30.7 Å². The van der Waals surface area contributed by atoms with Gasteiger partial charge in [-0.25, -0.2) is 4.39 Å². The molecule has 0 fully saturated rings. The minimum atomic E-state index is -0.936. The van der Waals surface area contributed by atoms with Gasteiger partial charge in [0.15, 0.2) is 11.6 Å². The van der Waals surface area contributed by atoms with Gasteiger partial charge >= 0.3 is 0 Å². The second kappa shape index (κ2) is 8.23. The van der Waals surface area contributed by atoms with Crippen LogP contribution in [0.25, 0.3) is 0 Å². The second-order valence-electron chi connectivity index (χ2n) is 5.15. The van der Waals surface area contributed by atoms with Crippen LogP contribution >= 0.6 is 28.6 Å². The van der Waals surface area contributed by atoms with E-state index in [0.717, 1.165) is 31.7 Å². The average Bonchev–Trinajstić information content (AvgIpc) is 2.41. The Bertz CT molecular complexity index is 434. The minimum absolute atomic E-state index is 0.0461. The van der Waals surface area contributed by atoms with Crippen LogP contribution in [-0.2, 0) is 0 Å². The molecule has 1 rings (SSSR count). The van der Waals surface area contributed by atoms with Gasteiger partial charge in [0.25, 0.3) is 0 Å². The number of halogens is 3. The lowest BCUT2D eigenvalue weighted by Gasteiger charge is -2.31. The van der Waals surface area contributed by atoms with E-state index in [1.807, 2.05) is 0 Å². The molecule has 0 amide bonds. The maximum atomic E-state index is 13.7. The normalized spacial score (nSPS) is 11.7. The van der Waals surface area contributed by atoms with Crippen molar-refractivity contribution >= 4 is 28.6 Å². The highest BCUT2D eigenvalue weighted by atomic mass is 79.9. The second-order valence-corrected chi connectivity index (χ2v) is 6.38. The van der Waals surface area contributed by atoms with Crippen molar-refractivity contribution in [3.63, 3.8) is 0 Å². The predicted molar refractivity (Wildman–Crippen MR) is 85.7 cm³/mol. The van der Waals surface area contributed by atoms with Crippen LogP contribution in [0.4, 0.5) is 8.78 Å². The maximum absolute atomic E-state index is 13.7. The van der Waals surface area contributed by atoms with E-state index in [4.69, 9.17) is 4.74 Å². The van der Waals surface area contributed by atoms with Crippen molar-refractivity contribution in [2.75, 3.05) is 12.4 Å². The highest BCUT2D eigenvalue weighted by Gasteiger charge is 2.28. The smallest absolute Gasteiger partial charge is 0.200 e. The molecule has 20 heavy (non-hydrogen) atoms. The fourth-order valence-electron chi connectivity index (χ4n) is 2.40. The number of hydrogen-bond acceptors (Lipinski definition) is 2. The monoisotopic (exact) mass is 366 g/mol. The maximum Gasteiger partial charge on any atom is 0.200 e. The highest BCUT2D eigenvalue weighted by molar-refractivity contribution is 9.10. The first-order valence-corrected chi connectivity index (χ1v) is 8.28. The van der Waals surface area contributed by atoms with E-state index in [9.17, 15) is 8.78 Å². The van der Waals surface area contributed by atoms with Crippen molar-refractivity contribution in [1.82, 2.24) is 0 Å². The number of rotatable bonds is 8. The van der Waals surface area contributed by atoms with Gasteiger partial charge in [0.05, 0.1) is 6.61 Å². The molecule has 1 aromatic rings. The van der Waals surface area contributed by atoms with Gasteiger partial charge in [0, 0.05) is 9.89 Å². The molecule has 5 heteroatoms. The Kier molecular flexibility index (Phi) is 7.30. The Hall–Kier alpha value is -0.290. The summed E-state index contributed by atoms with van der Waals surface area (Å²) in [5, 5.41) is 0. The van der Waals surface area contributed by atoms with Crippen molar-refractivity contribution < 1.29 is 13.5 Å². The summed E-state index contributed by atoms with van der Waals surface area (Å²) in [7, 11) is 0. The molecule has 0 aliphatic heterocycles. The molecule has 1 aromatic carbocycles. The first kappa shape index (κ1) is 17.8. The van der Waals surface area contributed by atoms with Crippen LogP contribution in [0, 0.1) is 17.0 Å². The lowest BCUT2D eigenvalue weighted by atomic mass is 9.82. The molecule has 0 unspecified atom stereocenters. The van der Waals surface area contributed by atoms with E-state index in [0.29, 0.717) is 16.8 Å². The van der Waals surface area contributed by atoms with E-state index in [1.165, 1.54) is 6.07 Å². The zero-order valence-electron chi connectivity index (χ0n) is 11.9. The molecular formula is C15H21BrF2OS. The molecule has 0 saturated heterocycles. The summed E-state index contributed by atoms with van der Waals surface area (Å²) >= 11 is 7.57. The van der Waals surface area contributed by atoms with Gasteiger partial charge in [-0.1, -0.05) is 42.6 Å². The summed E-state index contributed by atoms with van der Waals surface area (Å²) in [4.78, 5) is 0. The third-order valence-corrected chi connectivity index (χ3v) is 4.52. The lowest BCUT2D eigenvalue weighted by Crippen LogP contribution is -2.30. The number of benzene rings is 1. The van der Waals surface area contributed by atoms with Crippen LogP contribution in [0.5, 0.6) is 5.75 Å². The van der Waals surface area contributed by atoms with Gasteiger partial charge < -0.3 is 4.74 Å². The van der Waals surface area contributed by atoms with E-state index in [2.05, 4.69) is 42.4 Å². The van der Waals surface area contributed by atoms with Crippen LogP contribution in [0.15, 0.2) is 16.6 Å². The largest absolute Gasteiger partial charge is 0.490 e. The summed E-state index contributed by atoms with van der Waals surface area (Å²) in [6, 6.07) is 2.55. The quantitative estimate of drug-likeness (QED) is 0.463. The van der Waals surface area contributed by atoms with Gasteiger partial charge in [-0.3, -0.25) is 0 Å². The fraction of sp³-hybridized carbons (Fsp3) is 0.600. The zero-order valence-corrected chi connectivity index (χ0v) is 14.4.